The van der Waals surface area contributed by atoms with E-state index in [1.54, 1.807) is 18.2 Å². The molecule has 0 aliphatic carbocycles. The lowest BCUT2D eigenvalue weighted by atomic mass is 10.2. The van der Waals surface area contributed by atoms with E-state index in [2.05, 4.69) is 5.32 Å². The molecule has 80 valence electrons. The van der Waals surface area contributed by atoms with Crippen molar-refractivity contribution in [2.75, 3.05) is 11.9 Å². The van der Waals surface area contributed by atoms with Gasteiger partial charge in [0.25, 0.3) is 0 Å². The van der Waals surface area contributed by atoms with Gasteiger partial charge in [0.2, 0.25) is 5.91 Å². The van der Waals surface area contributed by atoms with Crippen LogP contribution in [0.1, 0.15) is 17.3 Å². The van der Waals surface area contributed by atoms with E-state index in [-0.39, 0.29) is 0 Å². The molecule has 0 saturated heterocycles. The van der Waals surface area contributed by atoms with E-state index in [1.165, 1.54) is 5.54 Å². The Bertz CT molecular complexity index is 388. The van der Waals surface area contributed by atoms with Crippen LogP contribution in [0.2, 0.25) is 0 Å². The Morgan fingerprint density at radius 3 is 2.93 bits per heavy atom. The van der Waals surface area contributed by atoms with Gasteiger partial charge in [-0.05, 0) is 30.7 Å². The van der Waals surface area contributed by atoms with Crippen LogP contribution in [0.5, 0.6) is 0 Å². The normalized spacial score (nSPS) is 11.2. The molecule has 0 aliphatic rings. The second-order valence-electron chi connectivity index (χ2n) is 3.25. The smallest absolute Gasteiger partial charge is 0.248 e. The number of carbonyl (C=O) groups is 1. The second kappa shape index (κ2) is 5.41. The minimum absolute atomic E-state index is 0.428. The molecule has 1 aromatic rings. The SMILES string of the molecule is C/C(=C/Cl)CNc1cccc(C(N)=O)c1. The Balaban J connectivity index is 2.70. The van der Waals surface area contributed by atoms with Crippen molar-refractivity contribution in [1.29, 1.82) is 0 Å². The Labute approximate surface area is 93.9 Å². The van der Waals surface area contributed by atoms with Crippen LogP contribution in [0.4, 0.5) is 5.69 Å². The summed E-state index contributed by atoms with van der Waals surface area (Å²) in [7, 11) is 0. The summed E-state index contributed by atoms with van der Waals surface area (Å²) < 4.78 is 0. The molecule has 3 N–H and O–H groups in total. The molecule has 0 fully saturated rings. The van der Waals surface area contributed by atoms with Gasteiger partial charge in [-0.25, -0.2) is 0 Å². The lowest BCUT2D eigenvalue weighted by Crippen LogP contribution is -2.11. The minimum atomic E-state index is -0.428. The molecule has 3 nitrogen and oxygen atoms in total. The average Bonchev–Trinajstić information content (AvgIpc) is 2.26. The number of halogens is 1. The molecular formula is C11H13ClN2O. The summed E-state index contributed by atoms with van der Waals surface area (Å²) in [5.41, 5.74) is 9.04. The summed E-state index contributed by atoms with van der Waals surface area (Å²) in [6.45, 7) is 2.56. The third-order valence-corrected chi connectivity index (χ3v) is 2.28. The average molecular weight is 225 g/mol. The first kappa shape index (κ1) is 11.6. The van der Waals surface area contributed by atoms with Crippen LogP contribution in [-0.4, -0.2) is 12.5 Å². The number of nitrogens with one attached hydrogen (secondary N) is 1. The quantitative estimate of drug-likeness (QED) is 0.825. The fraction of sp³-hybridized carbons (Fsp3) is 0.182. The van der Waals surface area contributed by atoms with E-state index >= 15 is 0 Å². The highest BCUT2D eigenvalue weighted by Gasteiger charge is 2.00. The van der Waals surface area contributed by atoms with Gasteiger partial charge in [0, 0.05) is 23.3 Å². The third-order valence-electron chi connectivity index (χ3n) is 1.90. The van der Waals surface area contributed by atoms with Crippen molar-refractivity contribution in [2.24, 2.45) is 5.73 Å². The van der Waals surface area contributed by atoms with Crippen LogP contribution in [0, 0.1) is 0 Å². The van der Waals surface area contributed by atoms with Gasteiger partial charge in [0.1, 0.15) is 0 Å². The first-order chi connectivity index (χ1) is 7.13. The van der Waals surface area contributed by atoms with Gasteiger partial charge in [0.15, 0.2) is 0 Å². The fourth-order valence-electron chi connectivity index (χ4n) is 1.06. The van der Waals surface area contributed by atoms with Crippen molar-refractivity contribution in [3.05, 3.63) is 40.9 Å². The number of amides is 1. The molecule has 4 heteroatoms. The van der Waals surface area contributed by atoms with E-state index in [9.17, 15) is 4.79 Å². The molecule has 0 bridgehead atoms. The number of hydrogen-bond donors (Lipinski definition) is 2. The lowest BCUT2D eigenvalue weighted by Gasteiger charge is -2.06. The van der Waals surface area contributed by atoms with E-state index in [0.717, 1.165) is 11.3 Å². The van der Waals surface area contributed by atoms with Crippen molar-refractivity contribution >= 4 is 23.2 Å². The summed E-state index contributed by atoms with van der Waals surface area (Å²) >= 11 is 5.52. The highest BCUT2D eigenvalue weighted by atomic mass is 35.5. The Morgan fingerprint density at radius 2 is 2.33 bits per heavy atom. The number of rotatable bonds is 4. The molecular weight excluding hydrogens is 212 g/mol. The van der Waals surface area contributed by atoms with Crippen molar-refractivity contribution in [2.45, 2.75) is 6.92 Å². The molecule has 0 radical (unpaired) electrons. The Morgan fingerprint density at radius 1 is 1.60 bits per heavy atom. The number of hydrogen-bond acceptors (Lipinski definition) is 2. The summed E-state index contributed by atoms with van der Waals surface area (Å²) in [6, 6.07) is 7.04. The topological polar surface area (TPSA) is 55.1 Å². The standard InChI is InChI=1S/C11H13ClN2O/c1-8(6-12)7-14-10-4-2-3-9(5-10)11(13)15/h2-6,14H,7H2,1H3,(H2,13,15)/b8-6-. The maximum atomic E-state index is 10.9. The molecule has 1 aromatic carbocycles. The van der Waals surface area contributed by atoms with E-state index in [1.807, 2.05) is 13.0 Å². The molecule has 15 heavy (non-hydrogen) atoms. The van der Waals surface area contributed by atoms with Gasteiger partial charge in [-0.2, -0.15) is 0 Å². The van der Waals surface area contributed by atoms with Gasteiger partial charge in [-0.1, -0.05) is 17.7 Å². The first-order valence-electron chi connectivity index (χ1n) is 4.53. The van der Waals surface area contributed by atoms with Gasteiger partial charge >= 0.3 is 0 Å². The van der Waals surface area contributed by atoms with Gasteiger partial charge in [0.05, 0.1) is 0 Å². The zero-order valence-electron chi connectivity index (χ0n) is 8.46. The molecule has 1 amide bonds. The number of primary amides is 1. The Kier molecular flexibility index (Phi) is 4.18. The molecule has 0 aromatic heterocycles. The first-order valence-corrected chi connectivity index (χ1v) is 4.96. The van der Waals surface area contributed by atoms with Crippen molar-refractivity contribution in [3.8, 4) is 0 Å². The molecule has 0 heterocycles. The zero-order chi connectivity index (χ0) is 11.3. The van der Waals surface area contributed by atoms with Gasteiger partial charge in [-0.15, -0.1) is 0 Å². The van der Waals surface area contributed by atoms with Gasteiger partial charge in [-0.3, -0.25) is 4.79 Å². The predicted molar refractivity (Wildman–Crippen MR) is 63.1 cm³/mol. The maximum Gasteiger partial charge on any atom is 0.248 e. The van der Waals surface area contributed by atoms with Crippen LogP contribution in [0.3, 0.4) is 0 Å². The molecule has 1 rings (SSSR count). The zero-order valence-corrected chi connectivity index (χ0v) is 9.21. The summed E-state index contributed by atoms with van der Waals surface area (Å²) in [4.78, 5) is 10.9. The predicted octanol–water partition coefficient (Wildman–Crippen LogP) is 2.34. The van der Waals surface area contributed by atoms with Crippen LogP contribution in [0.25, 0.3) is 0 Å². The summed E-state index contributed by atoms with van der Waals surface area (Å²) in [5.74, 6) is -0.428. The van der Waals surface area contributed by atoms with Crippen molar-refractivity contribution < 1.29 is 4.79 Å². The second-order valence-corrected chi connectivity index (χ2v) is 3.47. The van der Waals surface area contributed by atoms with Crippen LogP contribution in [0.15, 0.2) is 35.4 Å². The summed E-state index contributed by atoms with van der Waals surface area (Å²) in [5, 5.41) is 3.13. The van der Waals surface area contributed by atoms with E-state index in [4.69, 9.17) is 17.3 Å². The third kappa shape index (κ3) is 3.64. The number of nitrogens with two attached hydrogens (primary N) is 1. The summed E-state index contributed by atoms with van der Waals surface area (Å²) in [6.07, 6.45) is 0. The monoisotopic (exact) mass is 224 g/mol. The number of carbonyl (C=O) groups excluding carboxylic acids is 1. The van der Waals surface area contributed by atoms with Crippen molar-refractivity contribution in [1.82, 2.24) is 0 Å². The highest BCUT2D eigenvalue weighted by molar-refractivity contribution is 6.25. The van der Waals surface area contributed by atoms with Crippen molar-refractivity contribution in [3.63, 3.8) is 0 Å². The Hall–Kier alpha value is -1.48. The molecule has 0 unspecified atom stereocenters. The fourth-order valence-corrected chi connectivity index (χ4v) is 1.14. The maximum absolute atomic E-state index is 10.9. The number of benzene rings is 1. The van der Waals surface area contributed by atoms with Crippen LogP contribution < -0.4 is 11.1 Å². The molecule has 0 spiro atoms. The minimum Gasteiger partial charge on any atom is -0.381 e. The van der Waals surface area contributed by atoms with Gasteiger partial charge < -0.3 is 11.1 Å². The molecule has 0 aliphatic heterocycles. The van der Waals surface area contributed by atoms with Crippen LogP contribution >= 0.6 is 11.6 Å². The van der Waals surface area contributed by atoms with Crippen LogP contribution in [-0.2, 0) is 0 Å². The highest BCUT2D eigenvalue weighted by Crippen LogP contribution is 2.10. The molecule has 0 saturated carbocycles. The number of anilines is 1. The largest absolute Gasteiger partial charge is 0.381 e. The molecule has 0 atom stereocenters. The lowest BCUT2D eigenvalue weighted by molar-refractivity contribution is 0.100. The van der Waals surface area contributed by atoms with E-state index in [0.29, 0.717) is 12.1 Å². The van der Waals surface area contributed by atoms with E-state index < -0.39 is 5.91 Å².